The Balaban J connectivity index is 1.97. The number of carbonyl (C=O) groups is 1. The Bertz CT molecular complexity index is 1150. The zero-order valence-corrected chi connectivity index (χ0v) is 14.8. The van der Waals surface area contributed by atoms with Gasteiger partial charge in [-0.05, 0) is 47.9 Å². The molecule has 0 aliphatic heterocycles. The highest BCUT2D eigenvalue weighted by Crippen LogP contribution is 2.37. The first-order chi connectivity index (χ1) is 12.7. The van der Waals surface area contributed by atoms with Crippen LogP contribution < -0.4 is 4.74 Å². The number of benzene rings is 3. The van der Waals surface area contributed by atoms with Crippen LogP contribution in [-0.4, -0.2) is 24.0 Å². The van der Waals surface area contributed by atoms with Gasteiger partial charge >= 0.3 is 5.97 Å². The minimum Gasteiger partial charge on any atom is -0.744 e. The van der Waals surface area contributed by atoms with E-state index in [-0.39, 0.29) is 16.3 Å². The van der Waals surface area contributed by atoms with E-state index in [1.165, 1.54) is 31.2 Å². The average Bonchev–Trinajstić information content (AvgIpc) is 2.60. The fraction of sp³-hybridized carbons (Fsp3) is 0.0556. The van der Waals surface area contributed by atoms with Crippen LogP contribution >= 0.6 is 0 Å². The zero-order valence-electron chi connectivity index (χ0n) is 14.0. The maximum absolute atomic E-state index is 11.2. The Morgan fingerprint density at radius 2 is 1.74 bits per heavy atom. The summed E-state index contributed by atoms with van der Waals surface area (Å²) in [5.74, 6) is -0.231. The van der Waals surface area contributed by atoms with Gasteiger partial charge in [0.2, 0.25) is 0 Å². The monoisotopic (exact) mass is 385 g/mol. The third kappa shape index (κ3) is 4.27. The molecule has 0 aliphatic carbocycles. The molecule has 0 heterocycles. The van der Waals surface area contributed by atoms with Crippen LogP contribution in [0.2, 0.25) is 0 Å². The summed E-state index contributed by atoms with van der Waals surface area (Å²) in [6.07, 6.45) is 0. The molecule has 138 valence electrons. The highest BCUT2D eigenvalue weighted by molar-refractivity contribution is 7.85. The van der Waals surface area contributed by atoms with Crippen LogP contribution in [0.15, 0.2) is 69.7 Å². The fourth-order valence-corrected chi connectivity index (χ4v) is 2.90. The molecule has 27 heavy (non-hydrogen) atoms. The molecule has 1 N–H and O–H groups in total. The van der Waals surface area contributed by atoms with E-state index in [0.29, 0.717) is 22.2 Å². The summed E-state index contributed by atoms with van der Waals surface area (Å²) in [5, 5.41) is 19.0. The lowest BCUT2D eigenvalue weighted by atomic mass is 10.1. The Morgan fingerprint density at radius 3 is 2.37 bits per heavy atom. The lowest BCUT2D eigenvalue weighted by molar-refractivity contribution is -0.131. The van der Waals surface area contributed by atoms with Gasteiger partial charge in [0, 0.05) is 12.3 Å². The molecule has 0 spiro atoms. The second kappa shape index (κ2) is 7.14. The Hall–Kier alpha value is -3.30. The van der Waals surface area contributed by atoms with Crippen molar-refractivity contribution in [2.24, 2.45) is 10.2 Å². The zero-order chi connectivity index (χ0) is 19.6. The number of azo groups is 1. The predicted octanol–water partition coefficient (Wildman–Crippen LogP) is 3.79. The SMILES string of the molecule is CC(=O)Oc1ccc(N=Nc2c(O)ccc3cc(S(=O)(=O)[O-])ccc23)cc1. The van der Waals surface area contributed by atoms with Crippen LogP contribution in [0, 0.1) is 0 Å². The highest BCUT2D eigenvalue weighted by Gasteiger charge is 2.09. The van der Waals surface area contributed by atoms with Crippen molar-refractivity contribution in [3.8, 4) is 11.5 Å². The first kappa shape index (κ1) is 18.5. The molecule has 3 aromatic carbocycles. The van der Waals surface area contributed by atoms with Gasteiger partial charge in [-0.1, -0.05) is 12.1 Å². The molecule has 0 saturated carbocycles. The van der Waals surface area contributed by atoms with Gasteiger partial charge in [-0.25, -0.2) is 8.42 Å². The molecule has 0 aromatic heterocycles. The predicted molar refractivity (Wildman–Crippen MR) is 95.5 cm³/mol. The number of ether oxygens (including phenoxy) is 1. The molecular formula is C18H13N2O6S-. The number of phenolic OH excluding ortho intramolecular Hbond substituents is 1. The van der Waals surface area contributed by atoms with Crippen LogP contribution in [-0.2, 0) is 14.9 Å². The van der Waals surface area contributed by atoms with E-state index in [9.17, 15) is 22.9 Å². The number of carbonyl (C=O) groups excluding carboxylic acids is 1. The van der Waals surface area contributed by atoms with E-state index >= 15 is 0 Å². The normalized spacial score (nSPS) is 11.8. The molecule has 0 fully saturated rings. The van der Waals surface area contributed by atoms with E-state index in [4.69, 9.17) is 4.74 Å². The Labute approximate surface area is 154 Å². The van der Waals surface area contributed by atoms with Crippen molar-refractivity contribution >= 4 is 38.2 Å². The molecule has 3 aromatic rings. The maximum atomic E-state index is 11.2. The molecule has 0 bridgehead atoms. The second-order valence-corrected chi connectivity index (χ2v) is 6.94. The summed E-state index contributed by atoms with van der Waals surface area (Å²) in [4.78, 5) is 10.5. The molecule has 0 amide bonds. The van der Waals surface area contributed by atoms with Gasteiger partial charge in [-0.2, -0.15) is 5.11 Å². The summed E-state index contributed by atoms with van der Waals surface area (Å²) in [5.41, 5.74) is 0.576. The van der Waals surface area contributed by atoms with E-state index in [2.05, 4.69) is 10.2 Å². The summed E-state index contributed by atoms with van der Waals surface area (Å²) in [6.45, 7) is 1.29. The maximum Gasteiger partial charge on any atom is 0.308 e. The number of aromatic hydroxyl groups is 1. The minimum atomic E-state index is -4.59. The topological polar surface area (TPSA) is 128 Å². The van der Waals surface area contributed by atoms with Crippen LogP contribution in [0.3, 0.4) is 0 Å². The molecule has 8 nitrogen and oxygen atoms in total. The molecular weight excluding hydrogens is 372 g/mol. The van der Waals surface area contributed by atoms with Crippen molar-refractivity contribution in [3.05, 3.63) is 54.6 Å². The number of phenols is 1. The van der Waals surface area contributed by atoms with Crippen LogP contribution in [0.5, 0.6) is 11.5 Å². The first-order valence-corrected chi connectivity index (χ1v) is 9.07. The van der Waals surface area contributed by atoms with Crippen molar-refractivity contribution < 1.29 is 27.6 Å². The number of fused-ring (bicyclic) bond motifs is 1. The van der Waals surface area contributed by atoms with Gasteiger partial charge in [-0.3, -0.25) is 4.79 Å². The van der Waals surface area contributed by atoms with Gasteiger partial charge in [0.25, 0.3) is 0 Å². The molecule has 0 saturated heterocycles. The standard InChI is InChI=1S/C18H14N2O6S/c1-11(21)26-14-5-3-13(4-6-14)19-20-18-16-8-7-15(27(23,24)25)10-12(16)2-9-17(18)22/h2-10,22H,1H3,(H,23,24,25)/p-1. The Kier molecular flexibility index (Phi) is 4.89. The van der Waals surface area contributed by atoms with E-state index in [0.717, 1.165) is 6.07 Å². The summed E-state index contributed by atoms with van der Waals surface area (Å²) >= 11 is 0. The molecule has 9 heteroatoms. The molecule has 0 aliphatic rings. The molecule has 3 rings (SSSR count). The second-order valence-electron chi connectivity index (χ2n) is 5.56. The third-order valence-corrected chi connectivity index (χ3v) is 4.43. The third-order valence-electron chi connectivity index (χ3n) is 3.59. The number of esters is 1. The van der Waals surface area contributed by atoms with Crippen molar-refractivity contribution in [3.63, 3.8) is 0 Å². The lowest BCUT2D eigenvalue weighted by Gasteiger charge is -2.09. The quantitative estimate of drug-likeness (QED) is 0.315. The minimum absolute atomic E-state index is 0.131. The van der Waals surface area contributed by atoms with Crippen molar-refractivity contribution in [1.82, 2.24) is 0 Å². The number of hydrogen-bond acceptors (Lipinski definition) is 8. The van der Waals surface area contributed by atoms with Gasteiger partial charge in [0.1, 0.15) is 27.3 Å². The largest absolute Gasteiger partial charge is 0.744 e. The van der Waals surface area contributed by atoms with E-state index < -0.39 is 16.1 Å². The average molecular weight is 385 g/mol. The van der Waals surface area contributed by atoms with Crippen molar-refractivity contribution in [2.45, 2.75) is 11.8 Å². The number of nitrogens with zero attached hydrogens (tertiary/aromatic N) is 2. The molecule has 0 radical (unpaired) electrons. The van der Waals surface area contributed by atoms with Gasteiger partial charge < -0.3 is 14.4 Å². The fourth-order valence-electron chi connectivity index (χ4n) is 2.40. The lowest BCUT2D eigenvalue weighted by Crippen LogP contribution is -2.00. The first-order valence-electron chi connectivity index (χ1n) is 7.66. The number of hydrogen-bond donors (Lipinski definition) is 1. The van der Waals surface area contributed by atoms with Crippen LogP contribution in [0.25, 0.3) is 10.8 Å². The van der Waals surface area contributed by atoms with Crippen molar-refractivity contribution in [1.29, 1.82) is 0 Å². The van der Waals surface area contributed by atoms with Crippen LogP contribution in [0.1, 0.15) is 6.92 Å². The molecule has 0 unspecified atom stereocenters. The highest BCUT2D eigenvalue weighted by atomic mass is 32.2. The summed E-state index contributed by atoms with van der Waals surface area (Å²) in [6, 6.07) is 12.8. The van der Waals surface area contributed by atoms with Gasteiger partial charge in [0.05, 0.1) is 10.6 Å². The van der Waals surface area contributed by atoms with Crippen LogP contribution in [0.4, 0.5) is 11.4 Å². The smallest absolute Gasteiger partial charge is 0.308 e. The van der Waals surface area contributed by atoms with E-state index in [1.54, 1.807) is 24.3 Å². The number of rotatable bonds is 4. The van der Waals surface area contributed by atoms with Gasteiger partial charge in [0.15, 0.2) is 0 Å². The summed E-state index contributed by atoms with van der Waals surface area (Å²) < 4.78 is 38.4. The summed E-state index contributed by atoms with van der Waals surface area (Å²) in [7, 11) is -4.59. The van der Waals surface area contributed by atoms with Gasteiger partial charge in [-0.15, -0.1) is 5.11 Å². The van der Waals surface area contributed by atoms with E-state index in [1.807, 2.05) is 0 Å². The molecule has 0 atom stereocenters. The Morgan fingerprint density at radius 1 is 1.04 bits per heavy atom. The van der Waals surface area contributed by atoms with Crippen molar-refractivity contribution in [2.75, 3.05) is 0 Å².